The van der Waals surface area contributed by atoms with Crippen molar-refractivity contribution in [2.45, 2.75) is 54.6 Å². The van der Waals surface area contributed by atoms with Gasteiger partial charge in [-0.2, -0.15) is 10.4 Å². The monoisotopic (exact) mass is 520 g/mol. The Morgan fingerprint density at radius 2 is 1.00 bits per heavy atom. The van der Waals surface area contributed by atoms with Crippen molar-refractivity contribution in [1.29, 1.82) is 0 Å². The summed E-state index contributed by atoms with van der Waals surface area (Å²) in [6.07, 6.45) is 7.23. The van der Waals surface area contributed by atoms with E-state index in [1.807, 2.05) is 0 Å². The van der Waals surface area contributed by atoms with Gasteiger partial charge in [0.1, 0.15) is 0 Å². The Morgan fingerprint density at radius 1 is 0.727 bits per heavy atom. The molecule has 2 atom stereocenters. The van der Waals surface area contributed by atoms with E-state index < -0.39 is 8.07 Å². The molecular formula is C18H26Cl2HfSi. The Hall–Kier alpha value is 0.627. The van der Waals surface area contributed by atoms with E-state index in [1.165, 1.54) is 22.3 Å². The predicted octanol–water partition coefficient (Wildman–Crippen LogP) is -0.790. The third-order valence-electron chi connectivity index (χ3n) is 5.01. The smallest absolute Gasteiger partial charge is 1.00 e. The van der Waals surface area contributed by atoms with Gasteiger partial charge in [-0.1, -0.05) is 52.6 Å². The Kier molecular flexibility index (Phi) is 9.77. The minimum atomic E-state index is -1.58. The van der Waals surface area contributed by atoms with Crippen molar-refractivity contribution < 1.29 is 50.7 Å². The fraction of sp³-hybridized carbons (Fsp3) is 0.556. The Morgan fingerprint density at radius 3 is 1.18 bits per heavy atom. The average molecular weight is 520 g/mol. The molecule has 0 aromatic carbocycles. The molecule has 4 heteroatoms. The molecule has 0 radical (unpaired) electrons. The van der Waals surface area contributed by atoms with Crippen LogP contribution < -0.4 is 24.8 Å². The topological polar surface area (TPSA) is 0 Å². The van der Waals surface area contributed by atoms with Crippen LogP contribution in [0.3, 0.4) is 0 Å². The fourth-order valence-electron chi connectivity index (χ4n) is 4.23. The second kappa shape index (κ2) is 8.64. The number of allylic oxidation sites excluding steroid dienone is 8. The molecule has 0 nitrogen and oxygen atoms in total. The molecule has 0 fully saturated rings. The molecule has 0 aromatic rings. The third-order valence-corrected chi connectivity index (χ3v) is 9.32. The summed E-state index contributed by atoms with van der Waals surface area (Å²) in [5.74, 6) is 0.991. The van der Waals surface area contributed by atoms with Gasteiger partial charge in [0.05, 0.1) is 8.07 Å². The zero-order valence-electron chi connectivity index (χ0n) is 14.9. The maximum absolute atomic E-state index is 3.61. The molecular weight excluding hydrogens is 494 g/mol. The van der Waals surface area contributed by atoms with E-state index in [2.05, 4.69) is 66.8 Å². The van der Waals surface area contributed by atoms with Gasteiger partial charge in [0, 0.05) is 0 Å². The van der Waals surface area contributed by atoms with Gasteiger partial charge in [0.25, 0.3) is 0 Å². The summed E-state index contributed by atoms with van der Waals surface area (Å²) < 4.78 is 0. The molecule has 0 saturated heterocycles. The van der Waals surface area contributed by atoms with Crippen molar-refractivity contribution in [3.8, 4) is 0 Å². The number of hydrogen-bond acceptors (Lipinski definition) is 0. The number of hydrogen-bond donors (Lipinski definition) is 0. The molecule has 0 saturated carbocycles. The zero-order chi connectivity index (χ0) is 14.5. The summed E-state index contributed by atoms with van der Waals surface area (Å²) in [7, 11) is -1.58. The van der Waals surface area contributed by atoms with Gasteiger partial charge in [0.2, 0.25) is 0 Å². The van der Waals surface area contributed by atoms with Gasteiger partial charge in [-0.15, -0.1) is 13.8 Å². The Labute approximate surface area is 169 Å². The van der Waals surface area contributed by atoms with Crippen LogP contribution in [-0.4, -0.2) is 8.07 Å². The minimum Gasteiger partial charge on any atom is -1.00 e. The van der Waals surface area contributed by atoms with E-state index in [0.717, 1.165) is 0 Å². The Balaban J connectivity index is 0. The summed E-state index contributed by atoms with van der Waals surface area (Å²) >= 11 is 0. The van der Waals surface area contributed by atoms with E-state index in [9.17, 15) is 0 Å². The molecule has 0 bridgehead atoms. The van der Waals surface area contributed by atoms with Crippen LogP contribution >= 0.6 is 0 Å². The van der Waals surface area contributed by atoms with Crippen LogP contribution in [0, 0.1) is 24.0 Å². The van der Waals surface area contributed by atoms with Gasteiger partial charge in [-0.3, -0.25) is 12.2 Å². The molecule has 2 aliphatic carbocycles. The second-order valence-corrected chi connectivity index (χ2v) is 11.0. The molecule has 0 amide bonds. The first kappa shape index (κ1) is 24.9. The van der Waals surface area contributed by atoms with Gasteiger partial charge in [0.15, 0.2) is 0 Å². The summed E-state index contributed by atoms with van der Waals surface area (Å²) in [6.45, 7) is 18.6. The first-order valence-electron chi connectivity index (χ1n) is 7.31. The van der Waals surface area contributed by atoms with Gasteiger partial charge < -0.3 is 24.8 Å². The first-order chi connectivity index (χ1) is 8.67. The van der Waals surface area contributed by atoms with E-state index in [-0.39, 0.29) is 50.7 Å². The van der Waals surface area contributed by atoms with Crippen molar-refractivity contribution in [3.05, 3.63) is 44.8 Å². The van der Waals surface area contributed by atoms with Crippen LogP contribution in [0.2, 0.25) is 13.1 Å². The molecule has 2 unspecified atom stereocenters. The zero-order valence-corrected chi connectivity index (χ0v) is 21.0. The van der Waals surface area contributed by atoms with Crippen molar-refractivity contribution in [1.82, 2.24) is 0 Å². The van der Waals surface area contributed by atoms with Crippen LogP contribution in [0.4, 0.5) is 0 Å². The van der Waals surface area contributed by atoms with Crippen LogP contribution in [0.1, 0.15) is 41.5 Å². The van der Waals surface area contributed by atoms with Gasteiger partial charge in [-0.25, -0.2) is 22.3 Å². The first-order valence-corrected chi connectivity index (χ1v) is 10.3. The predicted molar refractivity (Wildman–Crippen MR) is 86.1 cm³/mol. The maximum atomic E-state index is 3.61. The molecule has 0 aromatic heterocycles. The number of rotatable bonds is 2. The van der Waals surface area contributed by atoms with Crippen LogP contribution in [-0.2, 0) is 25.8 Å². The molecule has 0 heterocycles. The van der Waals surface area contributed by atoms with Crippen molar-refractivity contribution in [2.75, 3.05) is 0 Å². The summed E-state index contributed by atoms with van der Waals surface area (Å²) in [5, 5.41) is 3.37. The molecule has 0 N–H and O–H groups in total. The standard InChI is InChI=1S/C18H26Si.2ClH.Hf/c1-11-9-13(3)17(15(11)5)19(7,8)18-14(4)10-12(2)16(18)6;;;/h13-14H,1-8H3;2*1H;/q-2;;;+4/p-2. The van der Waals surface area contributed by atoms with Crippen LogP contribution in [0.25, 0.3) is 0 Å². The molecule has 2 rings (SSSR count). The second-order valence-electron chi connectivity index (χ2n) is 6.68. The van der Waals surface area contributed by atoms with Gasteiger partial charge in [-0.05, 0) is 0 Å². The van der Waals surface area contributed by atoms with E-state index in [4.69, 9.17) is 0 Å². The number of halogens is 2. The molecule has 0 spiro atoms. The normalized spacial score (nSPS) is 24.4. The summed E-state index contributed by atoms with van der Waals surface area (Å²) in [6, 6.07) is 0. The van der Waals surface area contributed by atoms with E-state index >= 15 is 0 Å². The van der Waals surface area contributed by atoms with Crippen molar-refractivity contribution in [3.63, 3.8) is 0 Å². The molecule has 0 aliphatic heterocycles. The molecule has 2 aliphatic rings. The summed E-state index contributed by atoms with van der Waals surface area (Å²) in [5.41, 5.74) is 5.73. The summed E-state index contributed by atoms with van der Waals surface area (Å²) in [4.78, 5) is 0. The SMILES string of the molecule is CC1=[C-]C(C)C([Si](C)(C)C2=C(C)C(C)=[C-]C2C)=C1C.[Cl-].[Cl-].[Hf+4]. The minimum absolute atomic E-state index is 0. The van der Waals surface area contributed by atoms with Crippen LogP contribution in [0.5, 0.6) is 0 Å². The quantitative estimate of drug-likeness (QED) is 0.332. The maximum Gasteiger partial charge on any atom is 4.00 e. The van der Waals surface area contributed by atoms with E-state index in [0.29, 0.717) is 11.8 Å². The Bertz CT molecular complexity index is 505. The average Bonchev–Trinajstić information content (AvgIpc) is 2.66. The molecule has 120 valence electrons. The van der Waals surface area contributed by atoms with Crippen LogP contribution in [0.15, 0.2) is 32.7 Å². The van der Waals surface area contributed by atoms with Crippen molar-refractivity contribution >= 4 is 8.07 Å². The van der Waals surface area contributed by atoms with E-state index in [1.54, 1.807) is 10.4 Å². The fourth-order valence-corrected chi connectivity index (χ4v) is 9.08. The molecule has 22 heavy (non-hydrogen) atoms. The largest absolute Gasteiger partial charge is 4.00 e. The van der Waals surface area contributed by atoms with Crippen molar-refractivity contribution in [2.24, 2.45) is 11.8 Å². The van der Waals surface area contributed by atoms with Gasteiger partial charge >= 0.3 is 25.8 Å². The third kappa shape index (κ3) is 3.99.